The first-order valence-corrected chi connectivity index (χ1v) is 9.81. The minimum Gasteiger partial charge on any atom is -0.344 e. The Morgan fingerprint density at radius 2 is 2.08 bits per heavy atom. The lowest BCUT2D eigenvalue weighted by molar-refractivity contribution is -0.0442. The molecular weight excluding hydrogens is 382 g/mol. The Bertz CT molecular complexity index is 1080. The van der Waals surface area contributed by atoms with Crippen LogP contribution >= 0.6 is 11.3 Å². The zero-order valence-electron chi connectivity index (χ0n) is 13.4. The van der Waals surface area contributed by atoms with Crippen molar-refractivity contribution in [3.63, 3.8) is 0 Å². The molecule has 1 amide bonds. The minimum absolute atomic E-state index is 0.106. The predicted molar refractivity (Wildman–Crippen MR) is 89.1 cm³/mol. The Balaban J connectivity index is 1.58. The van der Waals surface area contributed by atoms with Crippen molar-refractivity contribution in [3.8, 4) is 0 Å². The summed E-state index contributed by atoms with van der Waals surface area (Å²) >= 11 is 0.885. The Morgan fingerprint density at radius 1 is 1.31 bits per heavy atom. The van der Waals surface area contributed by atoms with Crippen LogP contribution < -0.4 is 4.72 Å². The lowest BCUT2D eigenvalue weighted by Crippen LogP contribution is -2.31. The van der Waals surface area contributed by atoms with E-state index in [0.717, 1.165) is 11.3 Å². The molecule has 4 heterocycles. The van der Waals surface area contributed by atoms with Gasteiger partial charge in [-0.05, 0) is 6.92 Å². The van der Waals surface area contributed by atoms with Crippen molar-refractivity contribution in [2.45, 2.75) is 17.4 Å². The van der Waals surface area contributed by atoms with Gasteiger partial charge in [-0.25, -0.2) is 27.6 Å². The molecule has 136 valence electrons. The number of hydrogen-bond acceptors (Lipinski definition) is 9. The minimum atomic E-state index is -4.09. The van der Waals surface area contributed by atoms with Gasteiger partial charge in [0.1, 0.15) is 0 Å². The molecule has 0 unspecified atom stereocenters. The highest BCUT2D eigenvalue weighted by Gasteiger charge is 2.27. The molecule has 1 fully saturated rings. The fourth-order valence-electron chi connectivity index (χ4n) is 2.45. The number of nitrogens with one attached hydrogen (secondary N) is 1. The number of sulfonamides is 1. The summed E-state index contributed by atoms with van der Waals surface area (Å²) in [4.78, 5) is 20.5. The summed E-state index contributed by atoms with van der Waals surface area (Å²) in [5.74, 6) is -0.796. The average Bonchev–Trinajstić information content (AvgIpc) is 3.34. The fraction of sp³-hybridized carbons (Fsp3) is 0.286. The molecule has 1 aliphatic heterocycles. The molecule has 4 rings (SSSR count). The Kier molecular flexibility index (Phi) is 4.19. The van der Waals surface area contributed by atoms with Crippen molar-refractivity contribution in [1.82, 2.24) is 24.3 Å². The summed E-state index contributed by atoms with van der Waals surface area (Å²) in [5.41, 5.74) is 1.15. The van der Waals surface area contributed by atoms with Crippen molar-refractivity contribution in [3.05, 3.63) is 40.9 Å². The molecule has 1 N–H and O–H groups in total. The highest BCUT2D eigenvalue weighted by atomic mass is 32.2. The molecule has 0 aromatic carbocycles. The van der Waals surface area contributed by atoms with E-state index in [0.29, 0.717) is 29.6 Å². The number of carbonyl (C=O) groups excluding carboxylic acids is 1. The smallest absolute Gasteiger partial charge is 0.275 e. The first kappa shape index (κ1) is 17.0. The van der Waals surface area contributed by atoms with E-state index in [1.807, 2.05) is 4.72 Å². The lowest BCUT2D eigenvalue weighted by atomic mass is 10.2. The number of thiazole rings is 1. The number of aromatic nitrogens is 4. The number of rotatable bonds is 4. The van der Waals surface area contributed by atoms with Gasteiger partial charge in [-0.2, -0.15) is 5.10 Å². The molecular formula is C14H13N5O5S2. The molecule has 1 aliphatic rings. The summed E-state index contributed by atoms with van der Waals surface area (Å²) in [7, 11) is -4.09. The molecule has 3 aromatic rings. The van der Waals surface area contributed by atoms with Gasteiger partial charge in [0.05, 0.1) is 36.9 Å². The van der Waals surface area contributed by atoms with Crippen molar-refractivity contribution in [2.75, 3.05) is 13.2 Å². The third-order valence-corrected chi connectivity index (χ3v) is 6.53. The lowest BCUT2D eigenvalue weighted by Gasteiger charge is -2.08. The standard InChI is InChI=1S/C14H13N5O5S2/c1-8-9(6-15-10-2-3-17-19(8)10)12(20)18-26(21,22)11-7-16-13(25-11)14-23-4-5-24-14/h2-3,6-7,14H,4-5H2,1H3,(H,18,20). The number of carbonyl (C=O) groups is 1. The van der Waals surface area contributed by atoms with E-state index in [2.05, 4.69) is 15.1 Å². The molecule has 0 bridgehead atoms. The molecule has 0 atom stereocenters. The SMILES string of the molecule is Cc1c(C(=O)NS(=O)(=O)c2cnc(C3OCCO3)s2)cnc2ccnn12. The maximum atomic E-state index is 12.5. The van der Waals surface area contributed by atoms with Crippen molar-refractivity contribution >= 4 is 32.9 Å². The van der Waals surface area contributed by atoms with Crippen LogP contribution in [0.2, 0.25) is 0 Å². The first-order valence-electron chi connectivity index (χ1n) is 7.51. The summed E-state index contributed by atoms with van der Waals surface area (Å²) in [6.45, 7) is 2.50. The van der Waals surface area contributed by atoms with Crippen LogP contribution in [-0.4, -0.2) is 47.1 Å². The normalized spacial score (nSPS) is 15.6. The van der Waals surface area contributed by atoms with Crippen molar-refractivity contribution in [2.24, 2.45) is 0 Å². The Hall–Kier alpha value is -2.41. The quantitative estimate of drug-likeness (QED) is 0.683. The van der Waals surface area contributed by atoms with E-state index in [9.17, 15) is 13.2 Å². The second-order valence-electron chi connectivity index (χ2n) is 5.38. The van der Waals surface area contributed by atoms with E-state index >= 15 is 0 Å². The monoisotopic (exact) mass is 395 g/mol. The molecule has 12 heteroatoms. The molecule has 0 aliphatic carbocycles. The zero-order valence-corrected chi connectivity index (χ0v) is 15.1. The third-order valence-electron chi connectivity index (χ3n) is 3.72. The predicted octanol–water partition coefficient (Wildman–Crippen LogP) is 0.658. The van der Waals surface area contributed by atoms with Crippen LogP contribution in [-0.2, 0) is 19.5 Å². The van der Waals surface area contributed by atoms with Gasteiger partial charge in [0.25, 0.3) is 15.9 Å². The van der Waals surface area contributed by atoms with Crippen LogP contribution in [0.15, 0.2) is 28.9 Å². The Morgan fingerprint density at radius 3 is 2.85 bits per heavy atom. The Labute approximate surface area is 151 Å². The van der Waals surface area contributed by atoms with Gasteiger partial charge >= 0.3 is 0 Å². The molecule has 3 aromatic heterocycles. The molecule has 0 spiro atoms. The van der Waals surface area contributed by atoms with E-state index in [-0.39, 0.29) is 9.77 Å². The number of fused-ring (bicyclic) bond motifs is 1. The maximum Gasteiger partial charge on any atom is 0.275 e. The van der Waals surface area contributed by atoms with Crippen LogP contribution in [0.3, 0.4) is 0 Å². The van der Waals surface area contributed by atoms with E-state index in [4.69, 9.17) is 9.47 Å². The number of ether oxygens (including phenoxy) is 2. The van der Waals surface area contributed by atoms with Gasteiger partial charge in [-0.15, -0.1) is 11.3 Å². The van der Waals surface area contributed by atoms with Gasteiger partial charge in [-0.3, -0.25) is 4.79 Å². The third kappa shape index (κ3) is 2.96. The summed E-state index contributed by atoms with van der Waals surface area (Å²) < 4.78 is 38.9. The number of aryl methyl sites for hydroxylation is 1. The van der Waals surface area contributed by atoms with Crippen LogP contribution in [0.5, 0.6) is 0 Å². The highest BCUT2D eigenvalue weighted by molar-refractivity contribution is 7.92. The van der Waals surface area contributed by atoms with Crippen LogP contribution in [0.4, 0.5) is 0 Å². The second-order valence-corrected chi connectivity index (χ2v) is 8.36. The maximum absolute atomic E-state index is 12.5. The van der Waals surface area contributed by atoms with Crippen molar-refractivity contribution < 1.29 is 22.7 Å². The molecule has 0 radical (unpaired) electrons. The molecule has 0 saturated carbocycles. The largest absolute Gasteiger partial charge is 0.344 e. The summed E-state index contributed by atoms with van der Waals surface area (Å²) in [6.07, 6.45) is 3.35. The van der Waals surface area contributed by atoms with Crippen molar-refractivity contribution in [1.29, 1.82) is 0 Å². The van der Waals surface area contributed by atoms with Crippen LogP contribution in [0.25, 0.3) is 5.65 Å². The van der Waals surface area contributed by atoms with E-state index in [1.165, 1.54) is 16.9 Å². The highest BCUT2D eigenvalue weighted by Crippen LogP contribution is 2.29. The van der Waals surface area contributed by atoms with Gasteiger partial charge < -0.3 is 9.47 Å². The zero-order chi connectivity index (χ0) is 18.3. The second kappa shape index (κ2) is 6.39. The summed E-state index contributed by atoms with van der Waals surface area (Å²) in [6, 6.07) is 1.68. The topological polar surface area (TPSA) is 125 Å². The molecule has 26 heavy (non-hydrogen) atoms. The average molecular weight is 395 g/mol. The van der Waals surface area contributed by atoms with Gasteiger partial charge in [0.2, 0.25) is 6.29 Å². The van der Waals surface area contributed by atoms with Crippen LogP contribution in [0.1, 0.15) is 27.3 Å². The molecule has 10 nitrogen and oxygen atoms in total. The van der Waals surface area contributed by atoms with Gasteiger partial charge in [0.15, 0.2) is 14.9 Å². The van der Waals surface area contributed by atoms with Gasteiger partial charge in [0, 0.05) is 12.3 Å². The summed E-state index contributed by atoms with van der Waals surface area (Å²) in [5, 5.41) is 4.43. The van der Waals surface area contributed by atoms with Gasteiger partial charge in [-0.1, -0.05) is 0 Å². The number of amides is 1. The number of hydrogen-bond donors (Lipinski definition) is 1. The fourth-order valence-corrected chi connectivity index (χ4v) is 4.56. The van der Waals surface area contributed by atoms with E-state index < -0.39 is 22.2 Å². The van der Waals surface area contributed by atoms with Crippen LogP contribution in [0, 0.1) is 6.92 Å². The first-order chi connectivity index (χ1) is 12.5. The number of nitrogens with zero attached hydrogens (tertiary/aromatic N) is 4. The molecule has 1 saturated heterocycles. The van der Waals surface area contributed by atoms with E-state index in [1.54, 1.807) is 19.2 Å².